The predicted octanol–water partition coefficient (Wildman–Crippen LogP) is -10.5. The smallest absolute Gasteiger partial charge is 1.00 e. The van der Waals surface area contributed by atoms with E-state index in [1.54, 1.807) is 0 Å². The molecule has 8 heteroatoms. The molecule has 0 saturated carbocycles. The first-order chi connectivity index (χ1) is 0. The zero-order valence-electron chi connectivity index (χ0n) is 3.96. The van der Waals surface area contributed by atoms with Gasteiger partial charge in [0, 0.05) is 0 Å². The van der Waals surface area contributed by atoms with Gasteiger partial charge in [0.05, 0.1) is 0 Å². The van der Waals surface area contributed by atoms with Gasteiger partial charge in [-0.3, -0.25) is 0 Å². The van der Waals surface area contributed by atoms with Gasteiger partial charge < -0.3 is 52.2 Å². The van der Waals surface area contributed by atoms with Crippen molar-refractivity contribution in [3.63, 3.8) is 0 Å². The molecule has 0 bridgehead atoms. The zero-order valence-corrected chi connectivity index (χ0v) is 6.89. The minimum absolute atomic E-state index is 0. The molecule has 0 spiro atoms. The molecule has 0 saturated heterocycles. The molecular formula is H10Cl2MgO5. The van der Waals surface area contributed by atoms with E-state index in [1.807, 2.05) is 0 Å². The second-order valence-electron chi connectivity index (χ2n) is 0. The molecule has 0 aromatic carbocycles. The maximum atomic E-state index is 0. The van der Waals surface area contributed by atoms with E-state index >= 15 is 0 Å². The molecule has 8 heavy (non-hydrogen) atoms. The van der Waals surface area contributed by atoms with Crippen LogP contribution in [0.5, 0.6) is 0 Å². The van der Waals surface area contributed by atoms with E-state index in [-0.39, 0.29) is 75.2 Å². The summed E-state index contributed by atoms with van der Waals surface area (Å²) in [5, 5.41) is 0. The maximum absolute atomic E-state index is 0. The molecule has 0 aliphatic heterocycles. The van der Waals surface area contributed by atoms with Crippen LogP contribution in [0.3, 0.4) is 0 Å². The molecule has 0 aromatic rings. The molecule has 0 heterocycles. The van der Waals surface area contributed by atoms with Gasteiger partial charge in [0.15, 0.2) is 0 Å². The quantitative estimate of drug-likeness (QED) is 0.328. The Morgan fingerprint density at radius 3 is 0.375 bits per heavy atom. The third kappa shape index (κ3) is 205. The van der Waals surface area contributed by atoms with Crippen LogP contribution in [0.1, 0.15) is 0 Å². The van der Waals surface area contributed by atoms with Gasteiger partial charge in [-0.1, -0.05) is 0 Å². The Hall–Kier alpha value is 1.15. The van der Waals surface area contributed by atoms with E-state index in [1.165, 1.54) is 0 Å². The fraction of sp³-hybridized carbons (Fsp3) is 0. The second kappa shape index (κ2) is 317. The van der Waals surface area contributed by atoms with Crippen LogP contribution >= 0.6 is 0 Å². The first kappa shape index (κ1) is 462. The number of hydrogen-bond acceptors (Lipinski definition) is 0. The van der Waals surface area contributed by atoms with Crippen LogP contribution in [-0.4, -0.2) is 50.4 Å². The molecule has 0 aliphatic rings. The van der Waals surface area contributed by atoms with Crippen molar-refractivity contribution in [3.8, 4) is 0 Å². The molecule has 0 aliphatic carbocycles. The van der Waals surface area contributed by atoms with Crippen LogP contribution in [0.25, 0.3) is 0 Å². The van der Waals surface area contributed by atoms with Gasteiger partial charge in [-0.25, -0.2) is 0 Å². The van der Waals surface area contributed by atoms with Crippen molar-refractivity contribution in [3.05, 3.63) is 0 Å². The van der Waals surface area contributed by atoms with E-state index in [9.17, 15) is 0 Å². The Morgan fingerprint density at radius 1 is 0.375 bits per heavy atom. The van der Waals surface area contributed by atoms with E-state index in [4.69, 9.17) is 0 Å². The minimum Gasteiger partial charge on any atom is -1.00 e. The Kier molecular flexibility index (Phi) is 18300. The molecule has 10 N–H and O–H groups in total. The Bertz CT molecular complexity index is 10.4. The van der Waals surface area contributed by atoms with Crippen LogP contribution in [-0.2, 0) is 0 Å². The third-order valence-electron chi connectivity index (χ3n) is 0. The molecular weight excluding hydrogens is 175 g/mol. The SMILES string of the molecule is O.O.O.O.O.[Cl-].[Cl-].[Mg+2]. The number of rotatable bonds is 0. The van der Waals surface area contributed by atoms with Gasteiger partial charge in [0.1, 0.15) is 0 Å². The van der Waals surface area contributed by atoms with E-state index in [2.05, 4.69) is 0 Å². The fourth-order valence-corrected chi connectivity index (χ4v) is 0. The van der Waals surface area contributed by atoms with Crippen molar-refractivity contribution < 1.29 is 52.2 Å². The normalized spacial score (nSPS) is 0. The van der Waals surface area contributed by atoms with E-state index in [0.29, 0.717) is 0 Å². The molecule has 0 radical (unpaired) electrons. The summed E-state index contributed by atoms with van der Waals surface area (Å²) in [6.45, 7) is 0. The second-order valence-corrected chi connectivity index (χ2v) is 0. The molecule has 0 atom stereocenters. The standard InChI is InChI=1S/2ClH.Mg.5H2O/h2*1H;;5*1H2/q;;+2;;;;;/p-2. The van der Waals surface area contributed by atoms with Crippen molar-refractivity contribution in [1.29, 1.82) is 0 Å². The summed E-state index contributed by atoms with van der Waals surface area (Å²) in [6.07, 6.45) is 0. The Balaban J connectivity index is 0. The summed E-state index contributed by atoms with van der Waals surface area (Å²) < 4.78 is 0. The predicted molar refractivity (Wildman–Crippen MR) is 23.8 cm³/mol. The molecule has 0 amide bonds. The maximum Gasteiger partial charge on any atom is 2.00 e. The van der Waals surface area contributed by atoms with E-state index < -0.39 is 0 Å². The van der Waals surface area contributed by atoms with Crippen LogP contribution in [0.4, 0.5) is 0 Å². The number of hydrogen-bond donors (Lipinski definition) is 0. The van der Waals surface area contributed by atoms with Crippen LogP contribution in [0.15, 0.2) is 0 Å². The summed E-state index contributed by atoms with van der Waals surface area (Å²) in [5.74, 6) is 0. The number of halogens is 2. The third-order valence-corrected chi connectivity index (χ3v) is 0. The summed E-state index contributed by atoms with van der Waals surface area (Å²) in [7, 11) is 0. The van der Waals surface area contributed by atoms with Gasteiger partial charge in [-0.2, -0.15) is 0 Å². The minimum atomic E-state index is 0. The fourth-order valence-electron chi connectivity index (χ4n) is 0. The molecule has 0 fully saturated rings. The average molecular weight is 185 g/mol. The molecule has 5 nitrogen and oxygen atoms in total. The molecule has 0 aromatic heterocycles. The topological polar surface area (TPSA) is 158 Å². The van der Waals surface area contributed by atoms with Crippen molar-refractivity contribution in [2.75, 3.05) is 0 Å². The van der Waals surface area contributed by atoms with Gasteiger partial charge >= 0.3 is 23.1 Å². The van der Waals surface area contributed by atoms with Gasteiger partial charge in [-0.05, 0) is 0 Å². The van der Waals surface area contributed by atoms with Gasteiger partial charge in [-0.15, -0.1) is 0 Å². The van der Waals surface area contributed by atoms with Crippen LogP contribution in [0, 0.1) is 0 Å². The monoisotopic (exact) mass is 184 g/mol. The summed E-state index contributed by atoms with van der Waals surface area (Å²) >= 11 is 0. The summed E-state index contributed by atoms with van der Waals surface area (Å²) in [4.78, 5) is 0. The molecule has 0 unspecified atom stereocenters. The van der Waals surface area contributed by atoms with Crippen molar-refractivity contribution in [2.45, 2.75) is 0 Å². The van der Waals surface area contributed by atoms with Crippen molar-refractivity contribution in [2.24, 2.45) is 0 Å². The molecule has 0 rings (SSSR count). The van der Waals surface area contributed by atoms with Crippen molar-refractivity contribution in [1.82, 2.24) is 0 Å². The zero-order chi connectivity index (χ0) is 0. The van der Waals surface area contributed by atoms with E-state index in [0.717, 1.165) is 0 Å². The first-order valence-electron chi connectivity index (χ1n) is 0. The summed E-state index contributed by atoms with van der Waals surface area (Å²) in [6, 6.07) is 0. The van der Waals surface area contributed by atoms with Crippen LogP contribution in [0.2, 0.25) is 0 Å². The Labute approximate surface area is 75.3 Å². The first-order valence-corrected chi connectivity index (χ1v) is 0. The summed E-state index contributed by atoms with van der Waals surface area (Å²) in [5.41, 5.74) is 0. The van der Waals surface area contributed by atoms with Crippen molar-refractivity contribution >= 4 is 23.1 Å². The Morgan fingerprint density at radius 2 is 0.375 bits per heavy atom. The average Bonchev–Trinajstić information content (AvgIpc) is 0. The molecule has 56 valence electrons. The van der Waals surface area contributed by atoms with Crippen LogP contribution < -0.4 is 24.8 Å². The van der Waals surface area contributed by atoms with Gasteiger partial charge in [0.25, 0.3) is 0 Å². The van der Waals surface area contributed by atoms with Gasteiger partial charge in [0.2, 0.25) is 0 Å². The largest absolute Gasteiger partial charge is 2.00 e.